The van der Waals surface area contributed by atoms with Crippen molar-refractivity contribution in [2.45, 2.75) is 6.42 Å². The van der Waals surface area contributed by atoms with Crippen molar-refractivity contribution >= 4 is 17.8 Å². The number of nitrogens with one attached hydrogen (secondary N) is 3. The highest BCUT2D eigenvalue weighted by Crippen LogP contribution is 1.96. The summed E-state index contributed by atoms with van der Waals surface area (Å²) in [4.78, 5) is 35.2. The lowest BCUT2D eigenvalue weighted by molar-refractivity contribution is -0.145. The lowest BCUT2D eigenvalue weighted by Crippen LogP contribution is -2.46. The van der Waals surface area contributed by atoms with Gasteiger partial charge in [0, 0.05) is 32.7 Å². The largest absolute Gasteiger partial charge is 0.352 e. The smallest absolute Gasteiger partial charge is 0.312 e. The number of rotatable bonds is 3. The molecule has 0 aromatic rings. The van der Waals surface area contributed by atoms with Crippen molar-refractivity contribution in [1.29, 1.82) is 0 Å². The zero-order chi connectivity index (χ0) is 13.4. The summed E-state index contributed by atoms with van der Waals surface area (Å²) in [5.41, 5.74) is 4.86. The molecule has 4 amide bonds. The number of primary amides is 1. The molecular formula is C10H19N5O3. The second-order valence-corrected chi connectivity index (χ2v) is 3.94. The van der Waals surface area contributed by atoms with Crippen molar-refractivity contribution in [3.8, 4) is 0 Å². The molecule has 102 valence electrons. The number of hydrogen-bond donors (Lipinski definition) is 4. The van der Waals surface area contributed by atoms with Crippen LogP contribution in [0.4, 0.5) is 4.79 Å². The van der Waals surface area contributed by atoms with E-state index in [4.69, 9.17) is 5.73 Å². The van der Waals surface area contributed by atoms with Gasteiger partial charge in [-0.3, -0.25) is 9.59 Å². The number of nitrogens with two attached hydrogens (primary N) is 1. The first kappa shape index (κ1) is 14.2. The van der Waals surface area contributed by atoms with Crippen LogP contribution < -0.4 is 21.7 Å². The summed E-state index contributed by atoms with van der Waals surface area (Å²) in [5.74, 6) is -1.18. The van der Waals surface area contributed by atoms with Crippen molar-refractivity contribution < 1.29 is 14.4 Å². The summed E-state index contributed by atoms with van der Waals surface area (Å²) in [6.45, 7) is 3.05. The predicted octanol–water partition coefficient (Wildman–Crippen LogP) is -2.41. The van der Waals surface area contributed by atoms with Crippen LogP contribution in [0, 0.1) is 0 Å². The molecule has 0 atom stereocenters. The molecule has 0 aromatic heterocycles. The molecule has 8 heteroatoms. The SMILES string of the molecule is NC(=O)NCCNC(=O)C(=O)N1CCCNCC1. The molecule has 0 saturated carbocycles. The molecule has 1 fully saturated rings. The predicted molar refractivity (Wildman–Crippen MR) is 64.7 cm³/mol. The van der Waals surface area contributed by atoms with Gasteiger partial charge in [0.15, 0.2) is 0 Å². The van der Waals surface area contributed by atoms with Crippen LogP contribution >= 0.6 is 0 Å². The number of carbonyl (C=O) groups is 3. The Bertz CT molecular complexity index is 313. The van der Waals surface area contributed by atoms with Gasteiger partial charge in [-0.15, -0.1) is 0 Å². The van der Waals surface area contributed by atoms with E-state index in [1.54, 1.807) is 0 Å². The Kier molecular flexibility index (Phi) is 5.92. The molecule has 0 aliphatic carbocycles. The van der Waals surface area contributed by atoms with Gasteiger partial charge in [-0.25, -0.2) is 4.79 Å². The highest BCUT2D eigenvalue weighted by Gasteiger charge is 2.21. The Labute approximate surface area is 105 Å². The van der Waals surface area contributed by atoms with Crippen LogP contribution in [0.5, 0.6) is 0 Å². The van der Waals surface area contributed by atoms with Crippen LogP contribution in [0.1, 0.15) is 6.42 Å². The van der Waals surface area contributed by atoms with Crippen LogP contribution in [-0.2, 0) is 9.59 Å². The van der Waals surface area contributed by atoms with E-state index in [-0.39, 0.29) is 13.1 Å². The van der Waals surface area contributed by atoms with Crippen LogP contribution in [0.25, 0.3) is 0 Å². The van der Waals surface area contributed by atoms with Crippen LogP contribution in [0.2, 0.25) is 0 Å². The maximum atomic E-state index is 11.8. The highest BCUT2D eigenvalue weighted by atomic mass is 16.2. The fourth-order valence-electron chi connectivity index (χ4n) is 1.63. The normalized spacial score (nSPS) is 15.7. The quantitative estimate of drug-likeness (QED) is 0.333. The number of hydrogen-bond acceptors (Lipinski definition) is 4. The van der Waals surface area contributed by atoms with E-state index in [9.17, 15) is 14.4 Å². The first-order chi connectivity index (χ1) is 8.61. The zero-order valence-corrected chi connectivity index (χ0v) is 10.2. The van der Waals surface area contributed by atoms with E-state index < -0.39 is 17.8 Å². The van der Waals surface area contributed by atoms with Crippen molar-refractivity contribution in [2.24, 2.45) is 5.73 Å². The summed E-state index contributed by atoms with van der Waals surface area (Å²) >= 11 is 0. The maximum Gasteiger partial charge on any atom is 0.312 e. The molecule has 1 aliphatic heterocycles. The van der Waals surface area contributed by atoms with Gasteiger partial charge in [0.1, 0.15) is 0 Å². The van der Waals surface area contributed by atoms with Gasteiger partial charge >= 0.3 is 17.8 Å². The summed E-state index contributed by atoms with van der Waals surface area (Å²) in [7, 11) is 0. The molecule has 1 aliphatic rings. The minimum atomic E-state index is -0.658. The average Bonchev–Trinajstić information content (AvgIpc) is 2.61. The van der Waals surface area contributed by atoms with E-state index >= 15 is 0 Å². The summed E-state index contributed by atoms with van der Waals surface area (Å²) in [5, 5.41) is 7.90. The van der Waals surface area contributed by atoms with Gasteiger partial charge in [-0.1, -0.05) is 0 Å². The van der Waals surface area contributed by atoms with Crippen LogP contribution in [0.15, 0.2) is 0 Å². The summed E-state index contributed by atoms with van der Waals surface area (Å²) in [6.07, 6.45) is 0.836. The Balaban J connectivity index is 2.27. The van der Waals surface area contributed by atoms with E-state index in [1.165, 1.54) is 4.90 Å². The van der Waals surface area contributed by atoms with E-state index in [2.05, 4.69) is 16.0 Å². The fraction of sp³-hybridized carbons (Fsp3) is 0.700. The van der Waals surface area contributed by atoms with E-state index in [0.29, 0.717) is 19.6 Å². The molecule has 0 bridgehead atoms. The fourth-order valence-corrected chi connectivity index (χ4v) is 1.63. The zero-order valence-electron chi connectivity index (χ0n) is 10.2. The topological polar surface area (TPSA) is 117 Å². The number of amides is 4. The Morgan fingerprint density at radius 3 is 2.56 bits per heavy atom. The standard InChI is InChI=1S/C10H19N5O3/c11-10(18)14-4-3-13-8(16)9(17)15-6-1-2-12-5-7-15/h12H,1-7H2,(H,13,16)(H3,11,14,18). The number of urea groups is 1. The molecule has 1 heterocycles. The van der Waals surface area contributed by atoms with Crippen LogP contribution in [-0.4, -0.2) is 62.0 Å². The van der Waals surface area contributed by atoms with Crippen molar-refractivity contribution in [2.75, 3.05) is 39.3 Å². The van der Waals surface area contributed by atoms with E-state index in [1.807, 2.05) is 0 Å². The maximum absolute atomic E-state index is 11.8. The lowest BCUT2D eigenvalue weighted by Gasteiger charge is -2.19. The molecule has 5 N–H and O–H groups in total. The number of nitrogens with zero attached hydrogens (tertiary/aromatic N) is 1. The second kappa shape index (κ2) is 7.49. The van der Waals surface area contributed by atoms with Gasteiger partial charge in [-0.2, -0.15) is 0 Å². The first-order valence-electron chi connectivity index (χ1n) is 5.92. The van der Waals surface area contributed by atoms with Gasteiger partial charge in [0.25, 0.3) is 0 Å². The van der Waals surface area contributed by atoms with Gasteiger partial charge in [0.2, 0.25) is 0 Å². The second-order valence-electron chi connectivity index (χ2n) is 3.94. The summed E-state index contributed by atoms with van der Waals surface area (Å²) in [6, 6.07) is -0.658. The number of carbonyl (C=O) groups excluding carboxylic acids is 3. The average molecular weight is 257 g/mol. The monoisotopic (exact) mass is 257 g/mol. The minimum Gasteiger partial charge on any atom is -0.352 e. The van der Waals surface area contributed by atoms with E-state index in [0.717, 1.165) is 13.0 Å². The summed E-state index contributed by atoms with van der Waals surface area (Å²) < 4.78 is 0. The highest BCUT2D eigenvalue weighted by molar-refractivity contribution is 6.35. The van der Waals surface area contributed by atoms with Gasteiger partial charge < -0.3 is 26.6 Å². The van der Waals surface area contributed by atoms with Crippen molar-refractivity contribution in [3.05, 3.63) is 0 Å². The molecule has 0 aromatic carbocycles. The third kappa shape index (κ3) is 5.00. The van der Waals surface area contributed by atoms with Gasteiger partial charge in [-0.05, 0) is 13.0 Å². The third-order valence-corrected chi connectivity index (χ3v) is 2.53. The third-order valence-electron chi connectivity index (χ3n) is 2.53. The first-order valence-corrected chi connectivity index (χ1v) is 5.92. The molecule has 0 radical (unpaired) electrons. The molecule has 8 nitrogen and oxygen atoms in total. The Hall–Kier alpha value is -1.83. The van der Waals surface area contributed by atoms with Crippen LogP contribution in [0.3, 0.4) is 0 Å². The van der Waals surface area contributed by atoms with Crippen molar-refractivity contribution in [3.63, 3.8) is 0 Å². The molecule has 0 unspecified atom stereocenters. The molecule has 18 heavy (non-hydrogen) atoms. The Morgan fingerprint density at radius 2 is 1.83 bits per heavy atom. The minimum absolute atomic E-state index is 0.180. The molecule has 0 spiro atoms. The molecule has 1 rings (SSSR count). The lowest BCUT2D eigenvalue weighted by atomic mass is 10.3. The Morgan fingerprint density at radius 1 is 1.11 bits per heavy atom. The van der Waals surface area contributed by atoms with Crippen molar-refractivity contribution in [1.82, 2.24) is 20.9 Å². The molecule has 1 saturated heterocycles. The molecular weight excluding hydrogens is 238 g/mol. The van der Waals surface area contributed by atoms with Gasteiger partial charge in [0.05, 0.1) is 0 Å².